The van der Waals surface area contributed by atoms with Crippen LogP contribution in [0.3, 0.4) is 0 Å². The highest BCUT2D eigenvalue weighted by Gasteiger charge is 2.24. The lowest BCUT2D eigenvalue weighted by Crippen LogP contribution is -2.14. The van der Waals surface area contributed by atoms with Crippen LogP contribution in [0.4, 0.5) is 5.69 Å². The largest absolute Gasteiger partial charge is 0.490 e. The van der Waals surface area contributed by atoms with E-state index >= 15 is 0 Å². The van der Waals surface area contributed by atoms with Crippen LogP contribution >= 0.6 is 0 Å². The van der Waals surface area contributed by atoms with Crippen LogP contribution in [-0.4, -0.2) is 20.2 Å². The zero-order valence-electron chi connectivity index (χ0n) is 11.8. The number of ether oxygens (including phenoxy) is 1. The Morgan fingerprint density at radius 3 is 2.52 bits per heavy atom. The lowest BCUT2D eigenvalue weighted by atomic mass is 10.3. The highest BCUT2D eigenvalue weighted by atomic mass is 32.2. The zero-order valence-corrected chi connectivity index (χ0v) is 12.6. The van der Waals surface area contributed by atoms with Crippen molar-refractivity contribution in [2.75, 3.05) is 11.3 Å². The van der Waals surface area contributed by atoms with Gasteiger partial charge in [0, 0.05) is 5.69 Å². The van der Waals surface area contributed by atoms with E-state index in [1.54, 1.807) is 44.2 Å². The van der Waals surface area contributed by atoms with Gasteiger partial charge in [-0.1, -0.05) is 17.8 Å². The van der Waals surface area contributed by atoms with Gasteiger partial charge in [0.2, 0.25) is 0 Å². The molecule has 0 aliphatic heterocycles. The Kier molecular flexibility index (Phi) is 4.32. The number of sulfonamides is 1. The molecule has 1 aromatic heterocycles. The van der Waals surface area contributed by atoms with Crippen molar-refractivity contribution in [1.29, 1.82) is 0 Å². The second-order valence-corrected chi connectivity index (χ2v) is 6.00. The Balaban J connectivity index is 2.19. The molecule has 112 valence electrons. The van der Waals surface area contributed by atoms with E-state index in [4.69, 9.17) is 9.26 Å². The molecular formula is C14H16N2O4S. The maximum Gasteiger partial charge on any atom is 0.267 e. The number of rotatable bonds is 6. The summed E-state index contributed by atoms with van der Waals surface area (Å²) >= 11 is 0. The molecule has 0 unspecified atom stereocenters. The Labute approximate surface area is 123 Å². The fourth-order valence-corrected chi connectivity index (χ4v) is 3.23. The Hall–Kier alpha value is -2.28. The van der Waals surface area contributed by atoms with E-state index in [0.717, 1.165) is 0 Å². The van der Waals surface area contributed by atoms with Crippen LogP contribution in [-0.2, 0) is 10.0 Å². The first-order chi connectivity index (χ1) is 9.94. The van der Waals surface area contributed by atoms with Crippen molar-refractivity contribution in [3.8, 4) is 5.75 Å². The average molecular weight is 308 g/mol. The van der Waals surface area contributed by atoms with Crippen molar-refractivity contribution in [3.05, 3.63) is 48.4 Å². The minimum Gasteiger partial charge on any atom is -0.490 e. The molecule has 0 fully saturated rings. The number of nitrogens with zero attached hydrogens (tertiary/aromatic N) is 1. The minimum absolute atomic E-state index is 0.0643. The third kappa shape index (κ3) is 3.43. The van der Waals surface area contributed by atoms with E-state index in [0.29, 0.717) is 23.7 Å². The van der Waals surface area contributed by atoms with Gasteiger partial charge in [-0.25, -0.2) is 8.42 Å². The fraction of sp³-hybridized carbons (Fsp3) is 0.214. The molecule has 0 aliphatic rings. The van der Waals surface area contributed by atoms with Crippen LogP contribution in [0.5, 0.6) is 5.75 Å². The number of nitrogens with one attached hydrogen (secondary N) is 1. The first-order valence-electron chi connectivity index (χ1n) is 6.23. The summed E-state index contributed by atoms with van der Waals surface area (Å²) in [5.74, 6) is 0.890. The summed E-state index contributed by atoms with van der Waals surface area (Å²) in [6, 6.07) is 6.59. The number of hydrogen-bond acceptors (Lipinski definition) is 5. The molecule has 6 nitrogen and oxygen atoms in total. The lowest BCUT2D eigenvalue weighted by Gasteiger charge is -2.08. The molecule has 1 N–H and O–H groups in total. The highest BCUT2D eigenvalue weighted by Crippen LogP contribution is 2.23. The smallest absolute Gasteiger partial charge is 0.267 e. The molecule has 0 aliphatic carbocycles. The molecule has 2 rings (SSSR count). The van der Waals surface area contributed by atoms with Gasteiger partial charge in [-0.2, -0.15) is 0 Å². The van der Waals surface area contributed by atoms with Crippen molar-refractivity contribution >= 4 is 15.7 Å². The van der Waals surface area contributed by atoms with Gasteiger partial charge in [-0.15, -0.1) is 0 Å². The molecule has 1 aromatic carbocycles. The summed E-state index contributed by atoms with van der Waals surface area (Å²) < 4.78 is 37.3. The molecule has 1 heterocycles. The summed E-state index contributed by atoms with van der Waals surface area (Å²) in [7, 11) is -3.72. The van der Waals surface area contributed by atoms with E-state index in [9.17, 15) is 8.42 Å². The lowest BCUT2D eigenvalue weighted by molar-refractivity contribution is 0.363. The monoisotopic (exact) mass is 308 g/mol. The standard InChI is InChI=1S/C14H16N2O4S/c1-4-9-19-13-7-5-12(6-8-13)16-21(17,18)14-10(2)15-20-11(14)3/h4-8,16H,1,9H2,2-3H3. The van der Waals surface area contributed by atoms with Gasteiger partial charge in [0.1, 0.15) is 18.1 Å². The first kappa shape index (κ1) is 15.1. The van der Waals surface area contributed by atoms with Crippen LogP contribution < -0.4 is 9.46 Å². The number of hydrogen-bond donors (Lipinski definition) is 1. The highest BCUT2D eigenvalue weighted by molar-refractivity contribution is 7.92. The second-order valence-electron chi connectivity index (χ2n) is 4.38. The maximum atomic E-state index is 12.3. The van der Waals surface area contributed by atoms with Crippen LogP contribution in [0.15, 0.2) is 46.3 Å². The van der Waals surface area contributed by atoms with Gasteiger partial charge < -0.3 is 9.26 Å². The van der Waals surface area contributed by atoms with Crippen molar-refractivity contribution in [2.24, 2.45) is 0 Å². The SMILES string of the molecule is C=CCOc1ccc(NS(=O)(=O)c2c(C)noc2C)cc1. The molecule has 0 spiro atoms. The summed E-state index contributed by atoms with van der Waals surface area (Å²) in [6.07, 6.45) is 1.63. The molecule has 0 atom stereocenters. The van der Waals surface area contributed by atoms with E-state index in [1.165, 1.54) is 0 Å². The van der Waals surface area contributed by atoms with E-state index < -0.39 is 10.0 Å². The Bertz CT molecular complexity index is 713. The predicted molar refractivity (Wildman–Crippen MR) is 78.9 cm³/mol. The van der Waals surface area contributed by atoms with Crippen LogP contribution in [0.2, 0.25) is 0 Å². The summed E-state index contributed by atoms with van der Waals surface area (Å²) in [4.78, 5) is 0.0643. The number of aromatic nitrogens is 1. The summed E-state index contributed by atoms with van der Waals surface area (Å²) in [6.45, 7) is 7.09. The molecule has 0 bridgehead atoms. The molecule has 0 saturated heterocycles. The third-order valence-electron chi connectivity index (χ3n) is 2.71. The van der Waals surface area contributed by atoms with Crippen LogP contribution in [0.25, 0.3) is 0 Å². The summed E-state index contributed by atoms with van der Waals surface area (Å²) in [5.41, 5.74) is 0.756. The van der Waals surface area contributed by atoms with E-state index in [-0.39, 0.29) is 10.7 Å². The van der Waals surface area contributed by atoms with Gasteiger partial charge in [0.05, 0.1) is 0 Å². The predicted octanol–water partition coefficient (Wildman–Crippen LogP) is 2.66. The molecule has 21 heavy (non-hydrogen) atoms. The molecule has 0 radical (unpaired) electrons. The van der Waals surface area contributed by atoms with Crippen molar-refractivity contribution < 1.29 is 17.7 Å². The molecule has 0 amide bonds. The summed E-state index contributed by atoms with van der Waals surface area (Å²) in [5, 5.41) is 3.65. The van der Waals surface area contributed by atoms with E-state index in [1.807, 2.05) is 0 Å². The maximum absolute atomic E-state index is 12.3. The van der Waals surface area contributed by atoms with Gasteiger partial charge >= 0.3 is 0 Å². The number of anilines is 1. The average Bonchev–Trinajstić information content (AvgIpc) is 2.77. The van der Waals surface area contributed by atoms with Crippen molar-refractivity contribution in [1.82, 2.24) is 5.16 Å². The molecule has 0 saturated carbocycles. The molecular weight excluding hydrogens is 292 g/mol. The normalized spacial score (nSPS) is 11.1. The molecule has 2 aromatic rings. The van der Waals surface area contributed by atoms with Gasteiger partial charge in [-0.05, 0) is 38.1 Å². The molecule has 7 heteroatoms. The van der Waals surface area contributed by atoms with Gasteiger partial charge in [0.15, 0.2) is 10.7 Å². The van der Waals surface area contributed by atoms with Crippen LogP contribution in [0, 0.1) is 13.8 Å². The van der Waals surface area contributed by atoms with Crippen molar-refractivity contribution in [3.63, 3.8) is 0 Å². The topological polar surface area (TPSA) is 81.4 Å². The van der Waals surface area contributed by atoms with E-state index in [2.05, 4.69) is 16.5 Å². The number of aryl methyl sites for hydroxylation is 2. The Morgan fingerprint density at radius 1 is 1.33 bits per heavy atom. The van der Waals surface area contributed by atoms with Crippen molar-refractivity contribution in [2.45, 2.75) is 18.7 Å². The van der Waals surface area contributed by atoms with Crippen LogP contribution in [0.1, 0.15) is 11.5 Å². The Morgan fingerprint density at radius 2 is 2.00 bits per heavy atom. The van der Waals surface area contributed by atoms with Gasteiger partial charge in [0.25, 0.3) is 10.0 Å². The van der Waals surface area contributed by atoms with Gasteiger partial charge in [-0.3, -0.25) is 4.72 Å². The number of benzene rings is 1. The zero-order chi connectivity index (χ0) is 15.5. The first-order valence-corrected chi connectivity index (χ1v) is 7.72. The minimum atomic E-state index is -3.72. The second kappa shape index (κ2) is 6.01. The fourth-order valence-electron chi connectivity index (χ4n) is 1.84. The quantitative estimate of drug-likeness (QED) is 0.830. The third-order valence-corrected chi connectivity index (χ3v) is 4.34.